The molecule has 0 aromatic carbocycles. The Morgan fingerprint density at radius 3 is 2.19 bits per heavy atom. The lowest BCUT2D eigenvalue weighted by atomic mass is 9.84. The zero-order chi connectivity index (χ0) is 16.0. The lowest BCUT2D eigenvalue weighted by Crippen LogP contribution is -2.52. The van der Waals surface area contributed by atoms with E-state index >= 15 is 0 Å². The molecule has 1 fully saturated rings. The lowest BCUT2D eigenvalue weighted by Gasteiger charge is -2.36. The van der Waals surface area contributed by atoms with Crippen LogP contribution in [0.1, 0.15) is 34.6 Å². The Bertz CT molecular complexity index is 575. The van der Waals surface area contributed by atoms with Gasteiger partial charge in [-0.25, -0.2) is 10.1 Å². The fraction of sp³-hybridized carbons (Fsp3) is 0.467. The number of carbonyl (C=O) groups is 1. The van der Waals surface area contributed by atoms with Gasteiger partial charge in [-0.05, 0) is 39.8 Å². The summed E-state index contributed by atoms with van der Waals surface area (Å²) in [5.41, 5.74) is -0.814. The van der Waals surface area contributed by atoms with Gasteiger partial charge in [-0.3, -0.25) is 10.0 Å². The zero-order valence-corrected chi connectivity index (χ0v) is 12.9. The molecule has 0 saturated carbocycles. The van der Waals surface area contributed by atoms with Gasteiger partial charge in [0.25, 0.3) is 0 Å². The van der Waals surface area contributed by atoms with Crippen LogP contribution in [0.5, 0.6) is 0 Å². The summed E-state index contributed by atoms with van der Waals surface area (Å²) < 4.78 is 0. The molecule has 0 unspecified atom stereocenters. The quantitative estimate of drug-likeness (QED) is 0.742. The van der Waals surface area contributed by atoms with Crippen LogP contribution >= 0.6 is 0 Å². The molecule has 1 radical (unpaired) electrons. The van der Waals surface area contributed by atoms with Crippen molar-refractivity contribution in [3.8, 4) is 0 Å². The van der Waals surface area contributed by atoms with E-state index in [1.807, 2.05) is 0 Å². The minimum absolute atomic E-state index is 0.102. The maximum atomic E-state index is 12.6. The summed E-state index contributed by atoms with van der Waals surface area (Å²) in [6.07, 6.45) is 6.78. The highest BCUT2D eigenvalue weighted by Gasteiger charge is 2.57. The fourth-order valence-corrected chi connectivity index (χ4v) is 2.28. The van der Waals surface area contributed by atoms with Gasteiger partial charge in [0, 0.05) is 12.5 Å². The molecule has 0 bridgehead atoms. The van der Waals surface area contributed by atoms with Gasteiger partial charge in [0.05, 0.1) is 16.8 Å². The molecular weight excluding hydrogens is 270 g/mol. The number of rotatable bonds is 0. The summed E-state index contributed by atoms with van der Waals surface area (Å²) in [6, 6.07) is 0. The Labute approximate surface area is 124 Å². The molecule has 21 heavy (non-hydrogen) atoms. The minimum atomic E-state index is -0.833. The second-order valence-electron chi connectivity index (χ2n) is 6.20. The van der Waals surface area contributed by atoms with E-state index in [0.29, 0.717) is 11.3 Å². The molecule has 1 N–H and O–H groups in total. The second kappa shape index (κ2) is 4.82. The van der Waals surface area contributed by atoms with Gasteiger partial charge in [0.15, 0.2) is 5.82 Å². The maximum Gasteiger partial charge on any atom is 0.243 e. The molecule has 0 atom stereocenters. The third-order valence-electron chi connectivity index (χ3n) is 4.35. The first-order valence-electron chi connectivity index (χ1n) is 6.76. The van der Waals surface area contributed by atoms with E-state index in [4.69, 9.17) is 0 Å². The van der Waals surface area contributed by atoms with Gasteiger partial charge < -0.3 is 0 Å². The molecule has 2 aliphatic rings. The van der Waals surface area contributed by atoms with Crippen molar-refractivity contribution in [2.24, 2.45) is 4.99 Å². The molecule has 0 spiro atoms. The molecular formula is C15H20N3O3. The summed E-state index contributed by atoms with van der Waals surface area (Å²) in [7, 11) is 0. The van der Waals surface area contributed by atoms with Crippen LogP contribution < -0.4 is 0 Å². The first kappa shape index (κ1) is 15.5. The topological polar surface area (TPSA) is 76.0 Å². The molecule has 1 aliphatic heterocycles. The van der Waals surface area contributed by atoms with E-state index < -0.39 is 11.1 Å². The molecule has 6 nitrogen and oxygen atoms in total. The minimum Gasteiger partial charge on any atom is -0.286 e. The highest BCUT2D eigenvalue weighted by atomic mass is 16.6. The van der Waals surface area contributed by atoms with E-state index in [0.717, 1.165) is 10.1 Å². The van der Waals surface area contributed by atoms with Crippen molar-refractivity contribution in [2.75, 3.05) is 0 Å². The predicted octanol–water partition coefficient (Wildman–Crippen LogP) is 2.22. The van der Waals surface area contributed by atoms with Crippen LogP contribution in [-0.2, 0) is 10.0 Å². The van der Waals surface area contributed by atoms with E-state index in [1.165, 1.54) is 6.92 Å². The van der Waals surface area contributed by atoms with Gasteiger partial charge >= 0.3 is 0 Å². The number of nitrogens with zero attached hydrogens (tertiary/aromatic N) is 3. The third kappa shape index (κ3) is 2.20. The summed E-state index contributed by atoms with van der Waals surface area (Å²) in [5, 5.41) is 24.9. The maximum absolute atomic E-state index is 12.6. The van der Waals surface area contributed by atoms with Crippen LogP contribution in [-0.4, -0.2) is 38.0 Å². The van der Waals surface area contributed by atoms with Crippen LogP contribution in [0.25, 0.3) is 0 Å². The van der Waals surface area contributed by atoms with Gasteiger partial charge in [-0.2, -0.15) is 5.06 Å². The average Bonchev–Trinajstić information content (AvgIpc) is 2.49. The van der Waals surface area contributed by atoms with Crippen LogP contribution in [0.4, 0.5) is 0 Å². The number of carbonyl (C=O) groups excluding carboxylic acids is 1. The van der Waals surface area contributed by atoms with Gasteiger partial charge in [0.1, 0.15) is 0 Å². The van der Waals surface area contributed by atoms with Crippen molar-refractivity contribution in [3.05, 3.63) is 35.7 Å². The number of hydrogen-bond donors (Lipinski definition) is 1. The fourth-order valence-electron chi connectivity index (χ4n) is 2.28. The van der Waals surface area contributed by atoms with Gasteiger partial charge in [-0.15, -0.1) is 0 Å². The standard InChI is InChI=1S/C15H20N3O3/c1-10(19)16-12-9-7-6-8-11(12)13-17(20)14(2,3)15(4,5)18(13)21/h6-9,20H,1-5H3/b13-11-,16-12?. The summed E-state index contributed by atoms with van der Waals surface area (Å²) >= 11 is 0. The molecule has 113 valence electrons. The van der Waals surface area contributed by atoms with Crippen LogP contribution in [0.3, 0.4) is 0 Å². The van der Waals surface area contributed by atoms with Crippen molar-refractivity contribution in [2.45, 2.75) is 45.7 Å². The smallest absolute Gasteiger partial charge is 0.243 e. The number of hydrogen-bond acceptors (Lipinski definition) is 4. The van der Waals surface area contributed by atoms with Crippen molar-refractivity contribution in [1.29, 1.82) is 0 Å². The Morgan fingerprint density at radius 2 is 1.71 bits per heavy atom. The average molecular weight is 290 g/mol. The lowest BCUT2D eigenvalue weighted by molar-refractivity contribution is -0.181. The normalized spacial score (nSPS) is 28.6. The Balaban J connectivity index is 2.65. The Morgan fingerprint density at radius 1 is 1.14 bits per heavy atom. The number of amides is 1. The van der Waals surface area contributed by atoms with E-state index in [9.17, 15) is 15.2 Å². The van der Waals surface area contributed by atoms with Crippen LogP contribution in [0.2, 0.25) is 0 Å². The van der Waals surface area contributed by atoms with Crippen molar-refractivity contribution in [1.82, 2.24) is 10.1 Å². The largest absolute Gasteiger partial charge is 0.286 e. The van der Waals surface area contributed by atoms with Crippen molar-refractivity contribution in [3.63, 3.8) is 0 Å². The van der Waals surface area contributed by atoms with Crippen LogP contribution in [0.15, 0.2) is 40.7 Å². The summed E-state index contributed by atoms with van der Waals surface area (Å²) in [4.78, 5) is 15.2. The Hall–Kier alpha value is -1.92. The number of hydroxylamine groups is 4. The van der Waals surface area contributed by atoms with Crippen molar-refractivity contribution >= 4 is 11.6 Å². The molecule has 1 heterocycles. The molecule has 0 aromatic rings. The highest BCUT2D eigenvalue weighted by molar-refractivity contribution is 6.15. The van der Waals surface area contributed by atoms with E-state index in [-0.39, 0.29) is 11.7 Å². The summed E-state index contributed by atoms with van der Waals surface area (Å²) in [5.74, 6) is -0.257. The second-order valence-corrected chi connectivity index (χ2v) is 6.20. The van der Waals surface area contributed by atoms with Gasteiger partial charge in [0.2, 0.25) is 5.91 Å². The SMILES string of the molecule is CC(=O)N=C1C=CC=C/C1=C1/N([O])C(C)(C)C(C)(C)N1O. The molecule has 2 rings (SSSR count). The van der Waals surface area contributed by atoms with E-state index in [2.05, 4.69) is 4.99 Å². The van der Waals surface area contributed by atoms with Crippen LogP contribution in [0, 0.1) is 0 Å². The highest BCUT2D eigenvalue weighted by Crippen LogP contribution is 2.44. The molecule has 6 heteroatoms. The monoisotopic (exact) mass is 290 g/mol. The van der Waals surface area contributed by atoms with Gasteiger partial charge in [-0.1, -0.05) is 17.4 Å². The number of aliphatic imine (C=N–C) groups is 1. The first-order valence-corrected chi connectivity index (χ1v) is 6.76. The Kier molecular flexibility index (Phi) is 3.55. The summed E-state index contributed by atoms with van der Waals surface area (Å²) in [6.45, 7) is 8.45. The third-order valence-corrected chi connectivity index (χ3v) is 4.35. The molecule has 0 aromatic heterocycles. The van der Waals surface area contributed by atoms with E-state index in [1.54, 1.807) is 52.0 Å². The predicted molar refractivity (Wildman–Crippen MR) is 77.7 cm³/mol. The van der Waals surface area contributed by atoms with Crippen molar-refractivity contribution < 1.29 is 15.2 Å². The molecule has 1 amide bonds. The number of allylic oxidation sites excluding steroid dienone is 5. The molecule has 1 saturated heterocycles. The zero-order valence-electron chi connectivity index (χ0n) is 12.9. The first-order chi connectivity index (χ1) is 9.60. The molecule has 1 aliphatic carbocycles.